The summed E-state index contributed by atoms with van der Waals surface area (Å²) in [5, 5.41) is 18.9. The van der Waals surface area contributed by atoms with E-state index in [1.54, 1.807) is 0 Å². The summed E-state index contributed by atoms with van der Waals surface area (Å²) >= 11 is 5.38. The van der Waals surface area contributed by atoms with Crippen LogP contribution in [0.3, 0.4) is 0 Å². The highest BCUT2D eigenvalue weighted by molar-refractivity contribution is 7.88. The first kappa shape index (κ1) is 17.0. The number of rotatable bonds is 4. The zero-order valence-corrected chi connectivity index (χ0v) is 11.0. The molecule has 13 heteroatoms. The minimum absolute atomic E-state index is 0.454. The van der Waals surface area contributed by atoms with Crippen LogP contribution in [0.2, 0.25) is 5.02 Å². The number of aromatic carboxylic acids is 1. The van der Waals surface area contributed by atoms with Gasteiger partial charge in [0.2, 0.25) is 5.75 Å². The quantitative estimate of drug-likeness (QED) is 0.382. The largest absolute Gasteiger partial charge is 0.534 e. The Labute approximate surface area is 119 Å². The summed E-state index contributed by atoms with van der Waals surface area (Å²) in [5.41, 5.74) is -8.44. The van der Waals surface area contributed by atoms with Gasteiger partial charge in [0.1, 0.15) is 5.56 Å². The fourth-order valence-corrected chi connectivity index (χ4v) is 1.82. The van der Waals surface area contributed by atoms with Crippen LogP contribution in [-0.4, -0.2) is 29.9 Å². The van der Waals surface area contributed by atoms with E-state index in [9.17, 15) is 36.5 Å². The molecule has 0 aliphatic rings. The average Bonchev–Trinajstić information content (AvgIpc) is 2.28. The van der Waals surface area contributed by atoms with Crippen molar-refractivity contribution in [3.63, 3.8) is 0 Å². The molecular formula is C8H3ClF3NO7S. The monoisotopic (exact) mass is 349 g/mol. The summed E-state index contributed by atoms with van der Waals surface area (Å²) < 4.78 is 61.9. The molecule has 0 saturated carbocycles. The van der Waals surface area contributed by atoms with Gasteiger partial charge in [0.05, 0.1) is 4.92 Å². The number of nitro benzene ring substituents is 1. The molecule has 0 amide bonds. The van der Waals surface area contributed by atoms with E-state index in [0.29, 0.717) is 12.1 Å². The molecule has 1 N–H and O–H groups in total. The standard InChI is InChI=1S/C8H3ClF3NO7S/c9-3-1-4(7(14)15)6(5(2-3)13(16)17)20-21(18,19)8(10,11)12/h1-2H,(H,14,15). The fourth-order valence-electron chi connectivity index (χ4n) is 1.12. The van der Waals surface area contributed by atoms with Crippen molar-refractivity contribution in [1.82, 2.24) is 0 Å². The topological polar surface area (TPSA) is 124 Å². The molecule has 0 spiro atoms. The smallest absolute Gasteiger partial charge is 0.478 e. The lowest BCUT2D eigenvalue weighted by Crippen LogP contribution is -2.29. The Balaban J connectivity index is 3.61. The van der Waals surface area contributed by atoms with Crippen LogP contribution in [0.1, 0.15) is 10.4 Å². The molecule has 0 atom stereocenters. The Morgan fingerprint density at radius 1 is 1.38 bits per heavy atom. The van der Waals surface area contributed by atoms with Gasteiger partial charge in [-0.15, -0.1) is 0 Å². The first-order chi connectivity index (χ1) is 9.36. The highest BCUT2D eigenvalue weighted by Crippen LogP contribution is 2.38. The number of carboxylic acids is 1. The first-order valence-electron chi connectivity index (χ1n) is 4.59. The summed E-state index contributed by atoms with van der Waals surface area (Å²) in [6.45, 7) is 0. The van der Waals surface area contributed by atoms with Gasteiger partial charge < -0.3 is 9.29 Å². The van der Waals surface area contributed by atoms with E-state index >= 15 is 0 Å². The van der Waals surface area contributed by atoms with Gasteiger partial charge in [-0.05, 0) is 6.07 Å². The Hall–Kier alpha value is -2.08. The Bertz CT molecular complexity index is 680. The lowest BCUT2D eigenvalue weighted by Gasteiger charge is -2.11. The number of carbonyl (C=O) groups is 1. The molecule has 0 radical (unpaired) electrons. The fraction of sp³-hybridized carbons (Fsp3) is 0.125. The molecule has 0 aliphatic heterocycles. The van der Waals surface area contributed by atoms with Gasteiger partial charge in [0.15, 0.2) is 0 Å². The maximum Gasteiger partial charge on any atom is 0.534 e. The molecule has 1 aromatic carbocycles. The number of hydrogen-bond donors (Lipinski definition) is 1. The van der Waals surface area contributed by atoms with E-state index in [1.807, 2.05) is 0 Å². The van der Waals surface area contributed by atoms with Crippen LogP contribution in [0.15, 0.2) is 12.1 Å². The van der Waals surface area contributed by atoms with E-state index in [4.69, 9.17) is 16.7 Å². The van der Waals surface area contributed by atoms with Crippen molar-refractivity contribution in [1.29, 1.82) is 0 Å². The van der Waals surface area contributed by atoms with Gasteiger partial charge >= 0.3 is 27.3 Å². The van der Waals surface area contributed by atoms with Gasteiger partial charge in [-0.1, -0.05) is 11.6 Å². The molecular weight excluding hydrogens is 347 g/mol. The number of hydrogen-bond acceptors (Lipinski definition) is 6. The van der Waals surface area contributed by atoms with Crippen molar-refractivity contribution in [2.45, 2.75) is 5.51 Å². The number of alkyl halides is 3. The van der Waals surface area contributed by atoms with E-state index in [1.165, 1.54) is 0 Å². The maximum atomic E-state index is 12.2. The third-order valence-electron chi connectivity index (χ3n) is 1.94. The average molecular weight is 350 g/mol. The highest BCUT2D eigenvalue weighted by atomic mass is 35.5. The normalized spacial score (nSPS) is 12.0. The van der Waals surface area contributed by atoms with Crippen molar-refractivity contribution in [2.75, 3.05) is 0 Å². The molecule has 0 fully saturated rings. The minimum Gasteiger partial charge on any atom is -0.478 e. The predicted octanol–water partition coefficient (Wildman–Crippen LogP) is 2.17. The van der Waals surface area contributed by atoms with Crippen LogP contribution in [0.5, 0.6) is 5.75 Å². The first-order valence-corrected chi connectivity index (χ1v) is 6.37. The third-order valence-corrected chi connectivity index (χ3v) is 3.11. The van der Waals surface area contributed by atoms with Crippen molar-refractivity contribution in [2.24, 2.45) is 0 Å². The number of benzene rings is 1. The van der Waals surface area contributed by atoms with Crippen LogP contribution in [0.25, 0.3) is 0 Å². The van der Waals surface area contributed by atoms with Gasteiger partial charge in [-0.2, -0.15) is 21.6 Å². The third kappa shape index (κ3) is 3.52. The van der Waals surface area contributed by atoms with Gasteiger partial charge in [-0.25, -0.2) is 4.79 Å². The Morgan fingerprint density at radius 2 is 1.90 bits per heavy atom. The SMILES string of the molecule is O=C(O)c1cc(Cl)cc([N+](=O)[O-])c1OS(=O)(=O)C(F)(F)F. The van der Waals surface area contributed by atoms with Crippen LogP contribution >= 0.6 is 11.6 Å². The second-order valence-electron chi connectivity index (χ2n) is 3.35. The second kappa shape index (κ2) is 5.37. The zero-order chi connectivity index (χ0) is 16.6. The molecule has 0 aromatic heterocycles. The summed E-state index contributed by atoms with van der Waals surface area (Å²) in [7, 11) is -6.29. The Morgan fingerprint density at radius 3 is 2.29 bits per heavy atom. The van der Waals surface area contributed by atoms with Gasteiger partial charge in [-0.3, -0.25) is 10.1 Å². The molecule has 8 nitrogen and oxygen atoms in total. The molecule has 1 rings (SSSR count). The van der Waals surface area contributed by atoms with Crippen LogP contribution in [0, 0.1) is 10.1 Å². The summed E-state index contributed by atoms with van der Waals surface area (Å²) in [6.07, 6.45) is 0. The second-order valence-corrected chi connectivity index (χ2v) is 5.32. The number of halogens is 4. The summed E-state index contributed by atoms with van der Waals surface area (Å²) in [6, 6.07) is 0.966. The minimum atomic E-state index is -6.29. The van der Waals surface area contributed by atoms with Gasteiger partial charge in [0, 0.05) is 11.1 Å². The van der Waals surface area contributed by atoms with Crippen molar-refractivity contribution < 1.29 is 40.6 Å². The van der Waals surface area contributed by atoms with E-state index in [-0.39, 0.29) is 0 Å². The lowest BCUT2D eigenvalue weighted by atomic mass is 10.2. The molecule has 116 valence electrons. The van der Waals surface area contributed by atoms with E-state index < -0.39 is 48.5 Å². The molecule has 21 heavy (non-hydrogen) atoms. The molecule has 0 aliphatic carbocycles. The number of nitrogens with zero attached hydrogens (tertiary/aromatic N) is 1. The van der Waals surface area contributed by atoms with E-state index in [0.717, 1.165) is 0 Å². The lowest BCUT2D eigenvalue weighted by molar-refractivity contribution is -0.385. The number of nitro groups is 1. The molecule has 0 unspecified atom stereocenters. The van der Waals surface area contributed by atoms with Crippen molar-refractivity contribution in [3.05, 3.63) is 32.8 Å². The van der Waals surface area contributed by atoms with Crippen molar-refractivity contribution in [3.8, 4) is 5.75 Å². The highest BCUT2D eigenvalue weighted by Gasteiger charge is 2.50. The van der Waals surface area contributed by atoms with Crippen LogP contribution < -0.4 is 4.18 Å². The maximum absolute atomic E-state index is 12.2. The molecule has 0 heterocycles. The Kier molecular flexibility index (Phi) is 4.34. The summed E-state index contributed by atoms with van der Waals surface area (Å²) in [4.78, 5) is 20.2. The van der Waals surface area contributed by atoms with Crippen molar-refractivity contribution >= 4 is 33.4 Å². The molecule has 1 aromatic rings. The predicted molar refractivity (Wildman–Crippen MR) is 60.7 cm³/mol. The molecule has 0 bridgehead atoms. The van der Waals surface area contributed by atoms with Crippen LogP contribution in [0.4, 0.5) is 18.9 Å². The van der Waals surface area contributed by atoms with E-state index in [2.05, 4.69) is 4.18 Å². The van der Waals surface area contributed by atoms with Crippen LogP contribution in [-0.2, 0) is 10.1 Å². The zero-order valence-electron chi connectivity index (χ0n) is 9.42. The van der Waals surface area contributed by atoms with Gasteiger partial charge in [0.25, 0.3) is 0 Å². The molecule has 0 saturated heterocycles. The summed E-state index contributed by atoms with van der Waals surface area (Å²) in [5.74, 6) is -3.55. The number of carboxylic acid groups (broad SMARTS) is 1.